The van der Waals surface area contributed by atoms with Gasteiger partial charge in [0.15, 0.2) is 0 Å². The SMILES string of the molecule is CN1C2CCC1CC(Nc1ccc(F)cc1)(C(N)=O)C2. The molecule has 3 N–H and O–H groups in total. The van der Waals surface area contributed by atoms with Gasteiger partial charge in [-0.1, -0.05) is 0 Å². The molecule has 2 aliphatic rings. The standard InChI is InChI=1S/C15H20FN3O/c1-19-12-6-7-13(19)9-15(8-12,14(17)20)18-11-4-2-10(16)3-5-11/h2-5,12-13,18H,6-9H2,1H3,(H2,17,20). The lowest BCUT2D eigenvalue weighted by Crippen LogP contribution is -2.59. The predicted octanol–water partition coefficient (Wildman–Crippen LogP) is 1.72. The molecule has 0 radical (unpaired) electrons. The first-order valence-corrected chi connectivity index (χ1v) is 7.06. The Morgan fingerprint density at radius 3 is 2.35 bits per heavy atom. The lowest BCUT2D eigenvalue weighted by atomic mass is 9.82. The minimum atomic E-state index is -0.712. The molecule has 0 aromatic heterocycles. The van der Waals surface area contributed by atoms with E-state index < -0.39 is 5.54 Å². The number of hydrogen-bond donors (Lipinski definition) is 2. The molecule has 0 saturated carbocycles. The highest BCUT2D eigenvalue weighted by Crippen LogP contribution is 2.41. The van der Waals surface area contributed by atoms with Crippen molar-refractivity contribution in [2.24, 2.45) is 5.73 Å². The largest absolute Gasteiger partial charge is 0.371 e. The Hall–Kier alpha value is -1.62. The lowest BCUT2D eigenvalue weighted by Gasteiger charge is -2.44. The molecule has 1 aromatic carbocycles. The van der Waals surface area contributed by atoms with Gasteiger partial charge >= 0.3 is 0 Å². The second-order valence-electron chi connectivity index (χ2n) is 6.04. The molecule has 1 aromatic rings. The van der Waals surface area contributed by atoms with Crippen LogP contribution in [0.15, 0.2) is 24.3 Å². The zero-order valence-electron chi connectivity index (χ0n) is 11.6. The Morgan fingerprint density at radius 1 is 1.30 bits per heavy atom. The Labute approximate surface area is 118 Å². The van der Waals surface area contributed by atoms with Gasteiger partial charge in [-0.3, -0.25) is 4.79 Å². The van der Waals surface area contributed by atoms with Crippen molar-refractivity contribution in [2.75, 3.05) is 12.4 Å². The minimum Gasteiger partial charge on any atom is -0.371 e. The topological polar surface area (TPSA) is 58.4 Å². The summed E-state index contributed by atoms with van der Waals surface area (Å²) in [6.07, 6.45) is 3.65. The second-order valence-corrected chi connectivity index (χ2v) is 6.04. The van der Waals surface area contributed by atoms with Gasteiger partial charge in [0.05, 0.1) is 0 Å². The maximum absolute atomic E-state index is 13.0. The van der Waals surface area contributed by atoms with Crippen LogP contribution in [0.3, 0.4) is 0 Å². The molecule has 2 unspecified atom stereocenters. The smallest absolute Gasteiger partial charge is 0.243 e. The van der Waals surface area contributed by atoms with E-state index in [2.05, 4.69) is 17.3 Å². The fraction of sp³-hybridized carbons (Fsp3) is 0.533. The van der Waals surface area contributed by atoms with E-state index in [1.165, 1.54) is 12.1 Å². The maximum atomic E-state index is 13.0. The number of fused-ring (bicyclic) bond motifs is 2. The number of halogens is 1. The summed E-state index contributed by atoms with van der Waals surface area (Å²) >= 11 is 0. The highest BCUT2D eigenvalue weighted by molar-refractivity contribution is 5.88. The van der Waals surface area contributed by atoms with Crippen LogP contribution in [0.2, 0.25) is 0 Å². The van der Waals surface area contributed by atoms with E-state index in [0.29, 0.717) is 24.9 Å². The molecule has 2 saturated heterocycles. The van der Waals surface area contributed by atoms with Crippen molar-refractivity contribution in [1.29, 1.82) is 0 Å². The first-order valence-electron chi connectivity index (χ1n) is 7.06. The van der Waals surface area contributed by atoms with Gasteiger partial charge in [-0.25, -0.2) is 4.39 Å². The number of carbonyl (C=O) groups is 1. The van der Waals surface area contributed by atoms with E-state index in [4.69, 9.17) is 5.73 Å². The molecule has 0 spiro atoms. The summed E-state index contributed by atoms with van der Waals surface area (Å²) < 4.78 is 13.0. The van der Waals surface area contributed by atoms with E-state index in [1.54, 1.807) is 12.1 Å². The van der Waals surface area contributed by atoms with Crippen LogP contribution < -0.4 is 11.1 Å². The average Bonchev–Trinajstić information content (AvgIpc) is 2.64. The molecule has 2 heterocycles. The lowest BCUT2D eigenvalue weighted by molar-refractivity contribution is -0.124. The van der Waals surface area contributed by atoms with Crippen LogP contribution in [0, 0.1) is 5.82 Å². The van der Waals surface area contributed by atoms with Gasteiger partial charge in [0.25, 0.3) is 0 Å². The van der Waals surface area contributed by atoms with Crippen molar-refractivity contribution in [2.45, 2.75) is 43.3 Å². The molecule has 2 atom stereocenters. The van der Waals surface area contributed by atoms with Gasteiger partial charge in [-0.05, 0) is 57.0 Å². The Kier molecular flexibility index (Phi) is 3.17. The number of nitrogens with zero attached hydrogens (tertiary/aromatic N) is 1. The van der Waals surface area contributed by atoms with E-state index in [9.17, 15) is 9.18 Å². The van der Waals surface area contributed by atoms with Crippen LogP contribution in [-0.4, -0.2) is 35.5 Å². The fourth-order valence-electron chi connectivity index (χ4n) is 3.64. The normalized spacial score (nSPS) is 33.1. The number of anilines is 1. The van der Waals surface area contributed by atoms with Crippen LogP contribution >= 0.6 is 0 Å². The summed E-state index contributed by atoms with van der Waals surface area (Å²) in [5, 5.41) is 3.27. The summed E-state index contributed by atoms with van der Waals surface area (Å²) in [4.78, 5) is 14.4. The zero-order chi connectivity index (χ0) is 14.3. The van der Waals surface area contributed by atoms with E-state index in [-0.39, 0.29) is 11.7 Å². The molecular formula is C15H20FN3O. The van der Waals surface area contributed by atoms with E-state index >= 15 is 0 Å². The number of amides is 1. The highest BCUT2D eigenvalue weighted by atomic mass is 19.1. The molecule has 2 aliphatic heterocycles. The molecule has 20 heavy (non-hydrogen) atoms. The van der Waals surface area contributed by atoms with E-state index in [0.717, 1.165) is 18.5 Å². The summed E-state index contributed by atoms with van der Waals surface area (Å²) in [5.41, 5.74) is 5.72. The highest BCUT2D eigenvalue weighted by Gasteiger charge is 2.50. The number of primary amides is 1. The van der Waals surface area contributed by atoms with Crippen molar-refractivity contribution < 1.29 is 9.18 Å². The van der Waals surface area contributed by atoms with Crippen LogP contribution in [0.25, 0.3) is 0 Å². The van der Waals surface area contributed by atoms with Crippen LogP contribution in [-0.2, 0) is 4.79 Å². The Balaban J connectivity index is 1.86. The number of carbonyl (C=O) groups excluding carboxylic acids is 1. The number of nitrogens with one attached hydrogen (secondary N) is 1. The summed E-state index contributed by atoms with van der Waals surface area (Å²) in [5.74, 6) is -0.598. The Bertz CT molecular complexity index is 502. The van der Waals surface area contributed by atoms with Crippen LogP contribution in [0.4, 0.5) is 10.1 Å². The molecule has 108 valence electrons. The molecule has 1 amide bonds. The average molecular weight is 277 g/mol. The minimum absolute atomic E-state index is 0.285. The number of nitrogens with two attached hydrogens (primary N) is 1. The van der Waals surface area contributed by atoms with Gasteiger partial charge in [0.1, 0.15) is 11.4 Å². The van der Waals surface area contributed by atoms with Crippen molar-refractivity contribution >= 4 is 11.6 Å². The van der Waals surface area contributed by atoms with Gasteiger partial charge in [-0.15, -0.1) is 0 Å². The zero-order valence-corrected chi connectivity index (χ0v) is 11.6. The van der Waals surface area contributed by atoms with Gasteiger partial charge in [0.2, 0.25) is 5.91 Å². The summed E-state index contributed by atoms with van der Waals surface area (Å²) in [7, 11) is 2.12. The number of piperidine rings is 1. The van der Waals surface area contributed by atoms with Crippen molar-refractivity contribution in [3.63, 3.8) is 0 Å². The molecule has 3 rings (SSSR count). The van der Waals surface area contributed by atoms with Crippen molar-refractivity contribution in [3.8, 4) is 0 Å². The monoisotopic (exact) mass is 277 g/mol. The van der Waals surface area contributed by atoms with Gasteiger partial charge in [-0.2, -0.15) is 0 Å². The maximum Gasteiger partial charge on any atom is 0.243 e. The molecule has 0 aliphatic carbocycles. The molecule has 4 nitrogen and oxygen atoms in total. The number of benzene rings is 1. The quantitative estimate of drug-likeness (QED) is 0.884. The number of rotatable bonds is 3. The first kappa shape index (κ1) is 13.4. The first-order chi connectivity index (χ1) is 9.50. The molecule has 2 bridgehead atoms. The molecule has 5 heteroatoms. The van der Waals surface area contributed by atoms with Crippen molar-refractivity contribution in [3.05, 3.63) is 30.1 Å². The second kappa shape index (κ2) is 4.74. The Morgan fingerprint density at radius 2 is 1.85 bits per heavy atom. The van der Waals surface area contributed by atoms with Crippen LogP contribution in [0.1, 0.15) is 25.7 Å². The van der Waals surface area contributed by atoms with E-state index in [1.807, 2.05) is 0 Å². The molecule has 2 fully saturated rings. The molecular weight excluding hydrogens is 257 g/mol. The third-order valence-corrected chi connectivity index (χ3v) is 4.85. The summed E-state index contributed by atoms with van der Waals surface area (Å²) in [6.45, 7) is 0. The third-order valence-electron chi connectivity index (χ3n) is 4.85. The third kappa shape index (κ3) is 2.16. The number of hydrogen-bond acceptors (Lipinski definition) is 3. The van der Waals surface area contributed by atoms with Crippen LogP contribution in [0.5, 0.6) is 0 Å². The predicted molar refractivity (Wildman–Crippen MR) is 75.8 cm³/mol. The fourth-order valence-corrected chi connectivity index (χ4v) is 3.64. The van der Waals surface area contributed by atoms with Crippen molar-refractivity contribution in [1.82, 2.24) is 4.90 Å². The van der Waals surface area contributed by atoms with Gasteiger partial charge < -0.3 is 16.0 Å². The summed E-state index contributed by atoms with van der Waals surface area (Å²) in [6, 6.07) is 6.88. The van der Waals surface area contributed by atoms with Gasteiger partial charge in [0, 0.05) is 17.8 Å².